The molecule has 2 rings (SSSR count). The zero-order valence-corrected chi connectivity index (χ0v) is 14.2. The molecule has 0 aliphatic heterocycles. The van der Waals surface area contributed by atoms with Gasteiger partial charge in [-0.3, -0.25) is 14.6 Å². The van der Waals surface area contributed by atoms with Gasteiger partial charge in [0.25, 0.3) is 5.91 Å². The van der Waals surface area contributed by atoms with Gasteiger partial charge in [0.1, 0.15) is 0 Å². The Labute approximate surface area is 142 Å². The molecule has 5 heteroatoms. The van der Waals surface area contributed by atoms with Crippen molar-refractivity contribution in [1.82, 2.24) is 9.88 Å². The van der Waals surface area contributed by atoms with Crippen LogP contribution in [0.2, 0.25) is 0 Å². The summed E-state index contributed by atoms with van der Waals surface area (Å²) in [4.78, 5) is 29.1. The number of pyridine rings is 1. The van der Waals surface area contributed by atoms with E-state index in [0.717, 1.165) is 29.8 Å². The summed E-state index contributed by atoms with van der Waals surface area (Å²) in [5.41, 5.74) is 3.42. The molecular weight excluding hydrogens is 302 g/mol. The fourth-order valence-corrected chi connectivity index (χ4v) is 2.60. The van der Waals surface area contributed by atoms with Gasteiger partial charge in [0.2, 0.25) is 6.41 Å². The van der Waals surface area contributed by atoms with Crippen molar-refractivity contribution < 1.29 is 9.59 Å². The largest absolute Gasteiger partial charge is 0.339 e. The molecule has 24 heavy (non-hydrogen) atoms. The van der Waals surface area contributed by atoms with E-state index in [0.29, 0.717) is 25.1 Å². The third-order valence-electron chi connectivity index (χ3n) is 4.00. The fraction of sp³-hybridized carbons (Fsp3) is 0.316. The minimum atomic E-state index is 0.0135. The van der Waals surface area contributed by atoms with Crippen molar-refractivity contribution in [3.63, 3.8) is 0 Å². The Balaban J connectivity index is 2.02. The number of aromatic nitrogens is 1. The molecular formula is C19H23N3O2. The maximum Gasteiger partial charge on any atom is 0.255 e. The lowest BCUT2D eigenvalue weighted by Crippen LogP contribution is -2.30. The van der Waals surface area contributed by atoms with Gasteiger partial charge in [0.05, 0.1) is 5.56 Å². The Morgan fingerprint density at radius 3 is 2.50 bits per heavy atom. The van der Waals surface area contributed by atoms with Gasteiger partial charge in [-0.05, 0) is 50.5 Å². The summed E-state index contributed by atoms with van der Waals surface area (Å²) in [7, 11) is 0. The highest BCUT2D eigenvalue weighted by Crippen LogP contribution is 2.16. The molecule has 1 aromatic carbocycles. The zero-order chi connectivity index (χ0) is 17.4. The molecule has 0 aliphatic rings. The van der Waals surface area contributed by atoms with Crippen LogP contribution in [-0.4, -0.2) is 35.3 Å². The molecule has 0 saturated carbocycles. The highest BCUT2D eigenvalue weighted by molar-refractivity contribution is 5.93. The predicted octanol–water partition coefficient (Wildman–Crippen LogP) is 2.92. The standard InChI is InChI=1S/C19H23N3O2/c1-3-22(4-2)19(24)16-10-12-17(20-13-16)11-9-15-7-5-6-8-18(15)21-14-23/h5-8,10,12-14H,3-4,9,11H2,1-2H3,(H,21,23). The van der Waals surface area contributed by atoms with Gasteiger partial charge in [-0.25, -0.2) is 0 Å². The van der Waals surface area contributed by atoms with Crippen LogP contribution in [0.3, 0.4) is 0 Å². The van der Waals surface area contributed by atoms with Crippen molar-refractivity contribution in [3.8, 4) is 0 Å². The van der Waals surface area contributed by atoms with E-state index in [1.807, 2.05) is 50.2 Å². The Hall–Kier alpha value is -2.69. The molecule has 0 unspecified atom stereocenters. The van der Waals surface area contributed by atoms with Gasteiger partial charge in [0.15, 0.2) is 0 Å². The van der Waals surface area contributed by atoms with Crippen molar-refractivity contribution in [2.24, 2.45) is 0 Å². The number of para-hydroxylation sites is 1. The van der Waals surface area contributed by atoms with E-state index in [1.165, 1.54) is 0 Å². The number of nitrogens with one attached hydrogen (secondary N) is 1. The van der Waals surface area contributed by atoms with E-state index < -0.39 is 0 Å². The number of rotatable bonds is 8. The SMILES string of the molecule is CCN(CC)C(=O)c1ccc(CCc2ccccc2NC=O)nc1. The molecule has 5 nitrogen and oxygen atoms in total. The van der Waals surface area contributed by atoms with Gasteiger partial charge < -0.3 is 10.2 Å². The summed E-state index contributed by atoms with van der Waals surface area (Å²) in [5.74, 6) is 0.0135. The number of anilines is 1. The molecule has 0 fully saturated rings. The molecule has 2 aromatic rings. The van der Waals surface area contributed by atoms with Crippen molar-refractivity contribution in [2.45, 2.75) is 26.7 Å². The van der Waals surface area contributed by atoms with E-state index in [-0.39, 0.29) is 5.91 Å². The van der Waals surface area contributed by atoms with Crippen molar-refractivity contribution in [2.75, 3.05) is 18.4 Å². The average molecular weight is 325 g/mol. The topological polar surface area (TPSA) is 62.3 Å². The van der Waals surface area contributed by atoms with Crippen LogP contribution in [0, 0.1) is 0 Å². The van der Waals surface area contributed by atoms with Crippen LogP contribution in [-0.2, 0) is 17.6 Å². The van der Waals surface area contributed by atoms with Crippen LogP contribution < -0.4 is 5.32 Å². The second-order valence-electron chi connectivity index (χ2n) is 5.43. The fourth-order valence-electron chi connectivity index (χ4n) is 2.60. The van der Waals surface area contributed by atoms with Crippen LogP contribution in [0.15, 0.2) is 42.6 Å². The molecule has 0 aliphatic carbocycles. The van der Waals surface area contributed by atoms with Gasteiger partial charge >= 0.3 is 0 Å². The molecule has 0 saturated heterocycles. The molecule has 2 amide bonds. The molecule has 1 aromatic heterocycles. The summed E-state index contributed by atoms with van der Waals surface area (Å²) in [6, 6.07) is 11.4. The summed E-state index contributed by atoms with van der Waals surface area (Å²) >= 11 is 0. The number of nitrogens with zero attached hydrogens (tertiary/aromatic N) is 2. The Morgan fingerprint density at radius 1 is 1.12 bits per heavy atom. The Morgan fingerprint density at radius 2 is 1.88 bits per heavy atom. The van der Waals surface area contributed by atoms with E-state index >= 15 is 0 Å². The van der Waals surface area contributed by atoms with Crippen LogP contribution >= 0.6 is 0 Å². The van der Waals surface area contributed by atoms with Gasteiger partial charge in [-0.2, -0.15) is 0 Å². The third-order valence-corrected chi connectivity index (χ3v) is 4.00. The number of carbonyl (C=O) groups is 2. The van der Waals surface area contributed by atoms with Crippen LogP contribution in [0.1, 0.15) is 35.5 Å². The van der Waals surface area contributed by atoms with Crippen molar-refractivity contribution in [3.05, 3.63) is 59.4 Å². The molecule has 0 radical (unpaired) electrons. The maximum absolute atomic E-state index is 12.3. The van der Waals surface area contributed by atoms with Gasteiger partial charge in [-0.15, -0.1) is 0 Å². The summed E-state index contributed by atoms with van der Waals surface area (Å²) in [6.07, 6.45) is 3.85. The predicted molar refractivity (Wildman–Crippen MR) is 95.0 cm³/mol. The number of benzene rings is 1. The molecule has 1 N–H and O–H groups in total. The third kappa shape index (κ3) is 4.41. The van der Waals surface area contributed by atoms with Crippen molar-refractivity contribution in [1.29, 1.82) is 0 Å². The second kappa shape index (κ2) is 8.82. The number of amides is 2. The average Bonchev–Trinajstić information content (AvgIpc) is 2.62. The van der Waals surface area contributed by atoms with E-state index in [2.05, 4.69) is 10.3 Å². The molecule has 126 valence electrons. The maximum atomic E-state index is 12.3. The van der Waals surface area contributed by atoms with E-state index in [4.69, 9.17) is 0 Å². The first-order valence-electron chi connectivity index (χ1n) is 8.21. The number of hydrogen-bond donors (Lipinski definition) is 1. The van der Waals surface area contributed by atoms with Gasteiger partial charge in [-0.1, -0.05) is 18.2 Å². The first-order valence-corrected chi connectivity index (χ1v) is 8.21. The number of aryl methyl sites for hydroxylation is 2. The monoisotopic (exact) mass is 325 g/mol. The van der Waals surface area contributed by atoms with Crippen LogP contribution in [0.25, 0.3) is 0 Å². The minimum Gasteiger partial charge on any atom is -0.339 e. The second-order valence-corrected chi connectivity index (χ2v) is 5.43. The van der Waals surface area contributed by atoms with Crippen molar-refractivity contribution >= 4 is 18.0 Å². The number of carbonyl (C=O) groups excluding carboxylic acids is 2. The lowest BCUT2D eigenvalue weighted by atomic mass is 10.1. The molecule has 0 bridgehead atoms. The Bertz CT molecular complexity index is 679. The number of hydrogen-bond acceptors (Lipinski definition) is 3. The van der Waals surface area contributed by atoms with Crippen LogP contribution in [0.4, 0.5) is 5.69 Å². The highest BCUT2D eigenvalue weighted by Gasteiger charge is 2.12. The molecule has 1 heterocycles. The summed E-state index contributed by atoms with van der Waals surface area (Å²) < 4.78 is 0. The lowest BCUT2D eigenvalue weighted by Gasteiger charge is -2.18. The molecule has 0 spiro atoms. The zero-order valence-electron chi connectivity index (χ0n) is 14.2. The summed E-state index contributed by atoms with van der Waals surface area (Å²) in [5, 5.41) is 2.71. The lowest BCUT2D eigenvalue weighted by molar-refractivity contribution is -0.105. The highest BCUT2D eigenvalue weighted by atomic mass is 16.2. The first kappa shape index (κ1) is 17.7. The van der Waals surface area contributed by atoms with E-state index in [1.54, 1.807) is 11.1 Å². The normalized spacial score (nSPS) is 10.2. The quantitative estimate of drug-likeness (QED) is 0.759. The smallest absolute Gasteiger partial charge is 0.255 e. The van der Waals surface area contributed by atoms with E-state index in [9.17, 15) is 9.59 Å². The first-order chi connectivity index (χ1) is 11.7. The van der Waals surface area contributed by atoms with Crippen LogP contribution in [0.5, 0.6) is 0 Å². The molecule has 0 atom stereocenters. The Kier molecular flexibility index (Phi) is 6.49. The summed E-state index contributed by atoms with van der Waals surface area (Å²) in [6.45, 7) is 5.32. The van der Waals surface area contributed by atoms with Gasteiger partial charge in [0, 0.05) is 30.7 Å². The minimum absolute atomic E-state index is 0.0135.